The van der Waals surface area contributed by atoms with E-state index in [4.69, 9.17) is 9.47 Å². The van der Waals surface area contributed by atoms with Crippen LogP contribution in [0.2, 0.25) is 0 Å². The van der Waals surface area contributed by atoms with Gasteiger partial charge in [0.15, 0.2) is 11.5 Å². The minimum absolute atomic E-state index is 0.142. The number of thiophene rings is 1. The molecule has 2 aliphatic heterocycles. The first-order valence-electron chi connectivity index (χ1n) is 11.2. The van der Waals surface area contributed by atoms with Crippen molar-refractivity contribution in [1.29, 1.82) is 0 Å². The van der Waals surface area contributed by atoms with Crippen LogP contribution in [0.5, 0.6) is 11.5 Å². The van der Waals surface area contributed by atoms with Crippen molar-refractivity contribution in [3.05, 3.63) is 106 Å². The lowest BCUT2D eigenvalue weighted by atomic mass is 9.79. The van der Waals surface area contributed by atoms with Gasteiger partial charge in [0.2, 0.25) is 12.7 Å². The molecule has 4 heterocycles. The molecule has 0 bridgehead atoms. The van der Waals surface area contributed by atoms with Gasteiger partial charge in [0.25, 0.3) is 5.91 Å². The van der Waals surface area contributed by atoms with Crippen molar-refractivity contribution in [2.24, 2.45) is 0 Å². The van der Waals surface area contributed by atoms with Gasteiger partial charge in [-0.1, -0.05) is 18.2 Å². The van der Waals surface area contributed by atoms with Crippen LogP contribution in [0.4, 0.5) is 5.69 Å². The number of nitrogens with zero attached hydrogens (tertiary/aromatic N) is 2. The highest BCUT2D eigenvalue weighted by molar-refractivity contribution is 7.08. The van der Waals surface area contributed by atoms with Gasteiger partial charge in [-0.2, -0.15) is 11.3 Å². The normalized spacial score (nSPS) is 18.3. The molecule has 0 unspecified atom stereocenters. The Labute approximate surface area is 206 Å². The SMILES string of the molecule is O=C(NCc1ccncc1)[C@H]1c2ccccc2C(=O)N(c2ccc3c(c2)OCO3)[C@H]1c1ccsc1. The van der Waals surface area contributed by atoms with Crippen LogP contribution in [-0.4, -0.2) is 23.6 Å². The molecule has 4 aromatic rings. The topological polar surface area (TPSA) is 80.8 Å². The van der Waals surface area contributed by atoms with Gasteiger partial charge >= 0.3 is 0 Å². The van der Waals surface area contributed by atoms with E-state index in [1.54, 1.807) is 35.5 Å². The summed E-state index contributed by atoms with van der Waals surface area (Å²) in [5.74, 6) is 0.303. The number of ether oxygens (including phenoxy) is 2. The van der Waals surface area contributed by atoms with Crippen LogP contribution in [0.15, 0.2) is 83.8 Å². The summed E-state index contributed by atoms with van der Waals surface area (Å²) in [4.78, 5) is 33.4. The Morgan fingerprint density at radius 1 is 1.06 bits per heavy atom. The monoisotopic (exact) mass is 483 g/mol. The number of benzene rings is 2. The van der Waals surface area contributed by atoms with Gasteiger partial charge in [0.05, 0.1) is 12.0 Å². The Morgan fingerprint density at radius 2 is 1.89 bits per heavy atom. The number of anilines is 1. The fourth-order valence-electron chi connectivity index (χ4n) is 4.72. The summed E-state index contributed by atoms with van der Waals surface area (Å²) in [6.45, 7) is 0.512. The number of carbonyl (C=O) groups is 2. The molecule has 2 aromatic heterocycles. The van der Waals surface area contributed by atoms with Crippen LogP contribution in [-0.2, 0) is 11.3 Å². The lowest BCUT2D eigenvalue weighted by molar-refractivity contribution is -0.123. The molecule has 2 atom stereocenters. The second-order valence-electron chi connectivity index (χ2n) is 8.35. The van der Waals surface area contributed by atoms with Gasteiger partial charge in [-0.25, -0.2) is 0 Å². The maximum Gasteiger partial charge on any atom is 0.259 e. The summed E-state index contributed by atoms with van der Waals surface area (Å²) in [5.41, 5.74) is 3.74. The van der Waals surface area contributed by atoms with Crippen molar-refractivity contribution in [3.63, 3.8) is 0 Å². The maximum atomic E-state index is 13.9. The highest BCUT2D eigenvalue weighted by atomic mass is 32.1. The van der Waals surface area contributed by atoms with E-state index in [-0.39, 0.29) is 18.6 Å². The lowest BCUT2D eigenvalue weighted by Gasteiger charge is -2.41. The van der Waals surface area contributed by atoms with E-state index in [0.29, 0.717) is 29.3 Å². The number of pyridine rings is 1. The quantitative estimate of drug-likeness (QED) is 0.446. The first kappa shape index (κ1) is 21.4. The van der Waals surface area contributed by atoms with Crippen LogP contribution in [0.25, 0.3) is 0 Å². The summed E-state index contributed by atoms with van der Waals surface area (Å²) < 4.78 is 11.0. The van der Waals surface area contributed by atoms with E-state index in [1.165, 1.54) is 11.3 Å². The number of rotatable bonds is 5. The molecule has 0 saturated heterocycles. The molecule has 2 aromatic carbocycles. The number of hydrogen-bond acceptors (Lipinski definition) is 6. The fourth-order valence-corrected chi connectivity index (χ4v) is 5.41. The van der Waals surface area contributed by atoms with E-state index in [0.717, 1.165) is 16.7 Å². The van der Waals surface area contributed by atoms with Gasteiger partial charge in [0.1, 0.15) is 0 Å². The molecule has 8 heteroatoms. The van der Waals surface area contributed by atoms with Gasteiger partial charge in [-0.15, -0.1) is 0 Å². The zero-order valence-electron chi connectivity index (χ0n) is 18.6. The van der Waals surface area contributed by atoms with Crippen LogP contribution >= 0.6 is 11.3 Å². The molecule has 6 rings (SSSR count). The molecule has 0 spiro atoms. The van der Waals surface area contributed by atoms with Crippen LogP contribution in [0, 0.1) is 0 Å². The number of amides is 2. The van der Waals surface area contributed by atoms with Crippen LogP contribution in [0.3, 0.4) is 0 Å². The third kappa shape index (κ3) is 3.81. The Hall–Kier alpha value is -4.17. The summed E-state index contributed by atoms with van der Waals surface area (Å²) >= 11 is 1.54. The van der Waals surface area contributed by atoms with Crippen molar-refractivity contribution in [2.45, 2.75) is 18.5 Å². The minimum Gasteiger partial charge on any atom is -0.454 e. The maximum absolute atomic E-state index is 13.9. The van der Waals surface area contributed by atoms with Crippen molar-refractivity contribution in [2.75, 3.05) is 11.7 Å². The highest BCUT2D eigenvalue weighted by Crippen LogP contribution is 2.47. The molecule has 2 amide bonds. The third-order valence-corrected chi connectivity index (χ3v) is 7.06. The largest absolute Gasteiger partial charge is 0.454 e. The average molecular weight is 484 g/mol. The van der Waals surface area contributed by atoms with Crippen LogP contribution in [0.1, 0.15) is 39.0 Å². The fraction of sp³-hybridized carbons (Fsp3) is 0.148. The predicted octanol–water partition coefficient (Wildman–Crippen LogP) is 4.67. The molecule has 7 nitrogen and oxygen atoms in total. The average Bonchev–Trinajstić information content (AvgIpc) is 3.60. The number of aromatic nitrogens is 1. The van der Waals surface area contributed by atoms with Crippen molar-refractivity contribution in [1.82, 2.24) is 10.3 Å². The van der Waals surface area contributed by atoms with Gasteiger partial charge < -0.3 is 14.8 Å². The molecule has 0 radical (unpaired) electrons. The molecule has 2 aliphatic rings. The predicted molar refractivity (Wildman–Crippen MR) is 132 cm³/mol. The highest BCUT2D eigenvalue weighted by Gasteiger charge is 2.45. The number of fused-ring (bicyclic) bond motifs is 2. The summed E-state index contributed by atoms with van der Waals surface area (Å²) in [6, 6.07) is 18.0. The standard InChI is InChI=1S/C27H21N3O4S/c31-26(29-14-17-7-10-28-11-8-17)24-20-3-1-2-4-21(20)27(32)30(25(24)18-9-12-35-15-18)19-5-6-22-23(13-19)34-16-33-22/h1-13,15,24-25H,14,16H2,(H,29,31)/t24-,25-/m0/s1. The summed E-state index contributed by atoms with van der Waals surface area (Å²) in [5, 5.41) is 7.04. The Kier molecular flexibility index (Phi) is 5.42. The smallest absolute Gasteiger partial charge is 0.259 e. The van der Waals surface area contributed by atoms with E-state index < -0.39 is 12.0 Å². The van der Waals surface area contributed by atoms with E-state index in [9.17, 15) is 9.59 Å². The second-order valence-corrected chi connectivity index (χ2v) is 9.13. The molecular weight excluding hydrogens is 462 g/mol. The summed E-state index contributed by atoms with van der Waals surface area (Å²) in [7, 11) is 0. The summed E-state index contributed by atoms with van der Waals surface area (Å²) in [6.07, 6.45) is 3.40. The van der Waals surface area contributed by atoms with Crippen molar-refractivity contribution in [3.8, 4) is 11.5 Å². The molecule has 0 aliphatic carbocycles. The zero-order valence-corrected chi connectivity index (χ0v) is 19.4. The van der Waals surface area contributed by atoms with Gasteiger partial charge in [0, 0.05) is 36.3 Å². The molecule has 0 saturated carbocycles. The molecule has 1 N–H and O–H groups in total. The minimum atomic E-state index is -0.606. The number of carbonyl (C=O) groups excluding carboxylic acids is 2. The first-order valence-corrected chi connectivity index (χ1v) is 12.2. The Balaban J connectivity index is 1.46. The zero-order chi connectivity index (χ0) is 23.8. The second kappa shape index (κ2) is 8.88. The van der Waals surface area contributed by atoms with E-state index >= 15 is 0 Å². The Morgan fingerprint density at radius 3 is 2.71 bits per heavy atom. The van der Waals surface area contributed by atoms with Crippen LogP contribution < -0.4 is 19.7 Å². The molecular formula is C27H21N3O4S. The van der Waals surface area contributed by atoms with Crippen molar-refractivity contribution < 1.29 is 19.1 Å². The molecule has 0 fully saturated rings. The van der Waals surface area contributed by atoms with Crippen molar-refractivity contribution >= 4 is 28.8 Å². The number of hydrogen-bond donors (Lipinski definition) is 1. The van der Waals surface area contributed by atoms with Gasteiger partial charge in [-0.05, 0) is 63.8 Å². The molecule has 35 heavy (non-hydrogen) atoms. The first-order chi connectivity index (χ1) is 17.2. The Bertz CT molecular complexity index is 1390. The van der Waals surface area contributed by atoms with E-state index in [1.807, 2.05) is 53.2 Å². The molecule has 174 valence electrons. The van der Waals surface area contributed by atoms with E-state index in [2.05, 4.69) is 10.3 Å². The lowest BCUT2D eigenvalue weighted by Crippen LogP contribution is -2.47. The number of nitrogens with one attached hydrogen (secondary N) is 1. The third-order valence-electron chi connectivity index (χ3n) is 6.36. The van der Waals surface area contributed by atoms with Gasteiger partial charge in [-0.3, -0.25) is 19.5 Å².